The number of benzene rings is 2. The maximum absolute atomic E-state index is 12.3. The lowest BCUT2D eigenvalue weighted by Crippen LogP contribution is -2.19. The second-order valence-electron chi connectivity index (χ2n) is 5.50. The highest BCUT2D eigenvalue weighted by atomic mass is 16.6. The predicted octanol–water partition coefficient (Wildman–Crippen LogP) is 3.40. The average molecular weight is 313 g/mol. The summed E-state index contributed by atoms with van der Waals surface area (Å²) in [5.41, 5.74) is 2.51. The summed E-state index contributed by atoms with van der Waals surface area (Å²) >= 11 is 0. The Labute approximate surface area is 134 Å². The van der Waals surface area contributed by atoms with Crippen LogP contribution in [0, 0.1) is 10.1 Å². The van der Waals surface area contributed by atoms with E-state index in [0.29, 0.717) is 0 Å². The van der Waals surface area contributed by atoms with Gasteiger partial charge in [0.25, 0.3) is 5.69 Å². The number of hydrogen-bond acceptors (Lipinski definition) is 4. The fourth-order valence-electron chi connectivity index (χ4n) is 2.13. The molecule has 0 aliphatic rings. The largest absolute Gasteiger partial charge is 0.378 e. The highest BCUT2D eigenvalue weighted by Gasteiger charge is 2.16. The Morgan fingerprint density at radius 1 is 1.09 bits per heavy atom. The molecular weight excluding hydrogens is 294 g/mol. The van der Waals surface area contributed by atoms with Gasteiger partial charge in [0.05, 0.1) is 10.8 Å². The van der Waals surface area contributed by atoms with Crippen molar-refractivity contribution in [1.29, 1.82) is 0 Å². The van der Waals surface area contributed by atoms with Gasteiger partial charge in [-0.3, -0.25) is 14.9 Å². The van der Waals surface area contributed by atoms with Crippen LogP contribution in [0.15, 0.2) is 48.5 Å². The van der Waals surface area contributed by atoms with E-state index in [9.17, 15) is 14.9 Å². The Kier molecular flexibility index (Phi) is 4.95. The summed E-state index contributed by atoms with van der Waals surface area (Å²) in [5, 5.41) is 13.5. The van der Waals surface area contributed by atoms with Gasteiger partial charge in [-0.15, -0.1) is 0 Å². The van der Waals surface area contributed by atoms with Gasteiger partial charge in [-0.05, 0) is 36.8 Å². The molecule has 6 heteroatoms. The number of rotatable bonds is 5. The van der Waals surface area contributed by atoms with E-state index in [0.717, 1.165) is 16.9 Å². The number of carbonyl (C=O) groups excluding carboxylic acids is 1. The smallest absolute Gasteiger partial charge is 0.269 e. The Bertz CT molecular complexity index is 694. The van der Waals surface area contributed by atoms with E-state index < -0.39 is 10.8 Å². The zero-order valence-electron chi connectivity index (χ0n) is 13.3. The Hall–Kier alpha value is -2.89. The van der Waals surface area contributed by atoms with Crippen molar-refractivity contribution in [3.63, 3.8) is 0 Å². The van der Waals surface area contributed by atoms with Crippen LogP contribution in [0.25, 0.3) is 0 Å². The second-order valence-corrected chi connectivity index (χ2v) is 5.50. The molecule has 1 atom stereocenters. The van der Waals surface area contributed by atoms with E-state index in [1.165, 1.54) is 12.1 Å². The first kappa shape index (κ1) is 16.5. The molecule has 2 aromatic rings. The molecule has 0 heterocycles. The molecule has 0 spiro atoms. The van der Waals surface area contributed by atoms with E-state index in [1.54, 1.807) is 19.1 Å². The minimum atomic E-state index is -0.458. The minimum absolute atomic E-state index is 0.0145. The zero-order chi connectivity index (χ0) is 17.0. The molecule has 0 saturated carbocycles. The predicted molar refractivity (Wildman–Crippen MR) is 90.9 cm³/mol. The van der Waals surface area contributed by atoms with Crippen LogP contribution in [0.2, 0.25) is 0 Å². The number of carbonyl (C=O) groups is 1. The molecule has 120 valence electrons. The lowest BCUT2D eigenvalue weighted by molar-refractivity contribution is -0.384. The second kappa shape index (κ2) is 6.91. The lowest BCUT2D eigenvalue weighted by atomic mass is 10.00. The van der Waals surface area contributed by atoms with Gasteiger partial charge in [-0.2, -0.15) is 0 Å². The van der Waals surface area contributed by atoms with E-state index in [4.69, 9.17) is 0 Å². The molecule has 0 fully saturated rings. The molecule has 6 nitrogen and oxygen atoms in total. The average Bonchev–Trinajstić information content (AvgIpc) is 2.54. The number of nitrogens with one attached hydrogen (secondary N) is 1. The molecule has 23 heavy (non-hydrogen) atoms. The summed E-state index contributed by atoms with van der Waals surface area (Å²) in [6.45, 7) is 1.77. The molecule has 0 aliphatic carbocycles. The number of hydrogen-bond donors (Lipinski definition) is 1. The number of non-ortho nitro benzene ring substituents is 1. The van der Waals surface area contributed by atoms with Gasteiger partial charge in [0.15, 0.2) is 0 Å². The minimum Gasteiger partial charge on any atom is -0.378 e. The Morgan fingerprint density at radius 2 is 1.65 bits per heavy atom. The molecule has 1 N–H and O–H groups in total. The van der Waals surface area contributed by atoms with Crippen molar-refractivity contribution in [1.82, 2.24) is 0 Å². The third-order valence-corrected chi connectivity index (χ3v) is 3.65. The fraction of sp³-hybridized carbons (Fsp3) is 0.235. The highest BCUT2D eigenvalue weighted by Crippen LogP contribution is 2.22. The zero-order valence-corrected chi connectivity index (χ0v) is 13.3. The number of nitrogens with zero attached hydrogens (tertiary/aromatic N) is 2. The maximum Gasteiger partial charge on any atom is 0.269 e. The summed E-state index contributed by atoms with van der Waals surface area (Å²) in [4.78, 5) is 24.5. The van der Waals surface area contributed by atoms with Gasteiger partial charge in [-0.25, -0.2) is 0 Å². The Morgan fingerprint density at radius 3 is 2.13 bits per heavy atom. The third kappa shape index (κ3) is 4.06. The molecule has 2 rings (SSSR count). The van der Waals surface area contributed by atoms with Crippen molar-refractivity contribution in [2.75, 3.05) is 24.3 Å². The van der Waals surface area contributed by atoms with Crippen molar-refractivity contribution in [2.45, 2.75) is 12.8 Å². The van der Waals surface area contributed by atoms with Crippen LogP contribution in [0.1, 0.15) is 18.4 Å². The van der Waals surface area contributed by atoms with Crippen molar-refractivity contribution >= 4 is 23.0 Å². The molecule has 0 radical (unpaired) electrons. The lowest BCUT2D eigenvalue weighted by Gasteiger charge is -2.15. The monoisotopic (exact) mass is 313 g/mol. The summed E-state index contributed by atoms with van der Waals surface area (Å²) in [5.74, 6) is -0.555. The quantitative estimate of drug-likeness (QED) is 0.678. The van der Waals surface area contributed by atoms with Crippen LogP contribution in [0.5, 0.6) is 0 Å². The normalized spacial score (nSPS) is 11.6. The van der Waals surface area contributed by atoms with Crippen LogP contribution < -0.4 is 10.2 Å². The first-order valence-electron chi connectivity index (χ1n) is 7.21. The van der Waals surface area contributed by atoms with Gasteiger partial charge in [0.1, 0.15) is 0 Å². The molecule has 0 saturated heterocycles. The standard InChI is InChI=1S/C17H19N3O3/c1-12(13-4-8-16(9-5-13)20(22)23)17(21)18-14-6-10-15(11-7-14)19(2)3/h4-12H,1-3H3,(H,18,21)/t12-/m1/s1. The van der Waals surface area contributed by atoms with Crippen LogP contribution in [-0.4, -0.2) is 24.9 Å². The van der Waals surface area contributed by atoms with Gasteiger partial charge >= 0.3 is 0 Å². The molecule has 0 unspecified atom stereocenters. The van der Waals surface area contributed by atoms with Crippen molar-refractivity contribution in [3.8, 4) is 0 Å². The van der Waals surface area contributed by atoms with E-state index in [-0.39, 0.29) is 11.6 Å². The Balaban J connectivity index is 2.05. The first-order chi connectivity index (χ1) is 10.9. The topological polar surface area (TPSA) is 75.5 Å². The maximum atomic E-state index is 12.3. The van der Waals surface area contributed by atoms with Crippen molar-refractivity contribution in [3.05, 3.63) is 64.2 Å². The third-order valence-electron chi connectivity index (χ3n) is 3.65. The number of nitro benzene ring substituents is 1. The number of amides is 1. The van der Waals surface area contributed by atoms with Gasteiger partial charge in [0.2, 0.25) is 5.91 Å². The summed E-state index contributed by atoms with van der Waals surface area (Å²) in [7, 11) is 3.90. The molecule has 0 aliphatic heterocycles. The SMILES string of the molecule is C[C@@H](C(=O)Nc1ccc(N(C)C)cc1)c1ccc([N+](=O)[O-])cc1. The van der Waals surface area contributed by atoms with E-state index >= 15 is 0 Å². The highest BCUT2D eigenvalue weighted by molar-refractivity contribution is 5.95. The summed E-state index contributed by atoms with van der Waals surface area (Å²) in [6.07, 6.45) is 0. The van der Waals surface area contributed by atoms with Crippen molar-refractivity contribution in [2.24, 2.45) is 0 Å². The van der Waals surface area contributed by atoms with Gasteiger partial charge in [0, 0.05) is 37.6 Å². The summed E-state index contributed by atoms with van der Waals surface area (Å²) < 4.78 is 0. The first-order valence-corrected chi connectivity index (χ1v) is 7.21. The molecular formula is C17H19N3O3. The van der Waals surface area contributed by atoms with Crippen LogP contribution in [0.3, 0.4) is 0 Å². The molecule has 0 aromatic heterocycles. The summed E-state index contributed by atoms with van der Waals surface area (Å²) in [6, 6.07) is 13.6. The van der Waals surface area contributed by atoms with E-state index in [2.05, 4.69) is 5.32 Å². The van der Waals surface area contributed by atoms with Crippen LogP contribution in [-0.2, 0) is 4.79 Å². The molecule has 2 aromatic carbocycles. The van der Waals surface area contributed by atoms with Gasteiger partial charge < -0.3 is 10.2 Å². The van der Waals surface area contributed by atoms with Crippen LogP contribution in [0.4, 0.5) is 17.1 Å². The molecule has 1 amide bonds. The van der Waals surface area contributed by atoms with Crippen molar-refractivity contribution < 1.29 is 9.72 Å². The van der Waals surface area contributed by atoms with E-state index in [1.807, 2.05) is 43.3 Å². The van der Waals surface area contributed by atoms with Gasteiger partial charge in [-0.1, -0.05) is 12.1 Å². The van der Waals surface area contributed by atoms with Crippen LogP contribution >= 0.6 is 0 Å². The number of anilines is 2. The molecule has 0 bridgehead atoms. The fourth-order valence-corrected chi connectivity index (χ4v) is 2.13. The number of nitro groups is 1.